The van der Waals surface area contributed by atoms with Gasteiger partial charge in [0.2, 0.25) is 0 Å². The average molecular weight is 164 g/mol. The molecular weight excluding hydrogens is 148 g/mol. The first kappa shape index (κ1) is 8.53. The SMILES string of the molecule is C[Si](C)(C)/C=C/C1C=CC=C1. The molecule has 0 aromatic heterocycles. The Morgan fingerprint density at radius 1 is 1.09 bits per heavy atom. The summed E-state index contributed by atoms with van der Waals surface area (Å²) in [6.07, 6.45) is 11.0. The Labute approximate surface area is 70.3 Å². The third kappa shape index (κ3) is 3.37. The van der Waals surface area contributed by atoms with Gasteiger partial charge in [-0.3, -0.25) is 0 Å². The van der Waals surface area contributed by atoms with Gasteiger partial charge in [-0.1, -0.05) is 55.7 Å². The molecule has 0 spiro atoms. The summed E-state index contributed by atoms with van der Waals surface area (Å²) in [5, 5.41) is 0. The predicted molar refractivity (Wildman–Crippen MR) is 54.3 cm³/mol. The Balaban J connectivity index is 2.48. The smallest absolute Gasteiger partial charge is 0.0683 e. The van der Waals surface area contributed by atoms with E-state index >= 15 is 0 Å². The number of allylic oxidation sites excluding steroid dienone is 5. The Hall–Kier alpha value is -0.563. The molecule has 0 radical (unpaired) electrons. The number of hydrogen-bond acceptors (Lipinski definition) is 0. The van der Waals surface area contributed by atoms with E-state index in [9.17, 15) is 0 Å². The predicted octanol–water partition coefficient (Wildman–Crippen LogP) is 3.16. The van der Waals surface area contributed by atoms with Gasteiger partial charge in [-0.25, -0.2) is 0 Å². The third-order valence-corrected chi connectivity index (χ3v) is 2.79. The van der Waals surface area contributed by atoms with Gasteiger partial charge in [0.25, 0.3) is 0 Å². The van der Waals surface area contributed by atoms with Crippen molar-refractivity contribution in [2.24, 2.45) is 5.92 Å². The third-order valence-electron chi connectivity index (χ3n) is 1.60. The highest BCUT2D eigenvalue weighted by atomic mass is 28.3. The summed E-state index contributed by atoms with van der Waals surface area (Å²) in [5.74, 6) is 0.571. The molecule has 0 heterocycles. The van der Waals surface area contributed by atoms with Crippen LogP contribution in [0.25, 0.3) is 0 Å². The Morgan fingerprint density at radius 3 is 2.09 bits per heavy atom. The van der Waals surface area contributed by atoms with Crippen molar-refractivity contribution in [3.05, 3.63) is 36.1 Å². The molecular formula is C10H16Si. The van der Waals surface area contributed by atoms with Crippen LogP contribution in [0.15, 0.2) is 36.1 Å². The van der Waals surface area contributed by atoms with E-state index < -0.39 is 8.07 Å². The first-order valence-electron chi connectivity index (χ1n) is 4.12. The fourth-order valence-electron chi connectivity index (χ4n) is 0.977. The van der Waals surface area contributed by atoms with Crippen molar-refractivity contribution < 1.29 is 0 Å². The van der Waals surface area contributed by atoms with Crippen molar-refractivity contribution in [1.29, 1.82) is 0 Å². The van der Waals surface area contributed by atoms with Crippen molar-refractivity contribution in [3.8, 4) is 0 Å². The van der Waals surface area contributed by atoms with Crippen LogP contribution in [0.5, 0.6) is 0 Å². The zero-order chi connectivity index (χ0) is 8.32. The molecule has 0 aliphatic heterocycles. The van der Waals surface area contributed by atoms with Gasteiger partial charge in [-0.15, -0.1) is 0 Å². The Morgan fingerprint density at radius 2 is 1.64 bits per heavy atom. The number of hydrogen-bond donors (Lipinski definition) is 0. The van der Waals surface area contributed by atoms with E-state index in [-0.39, 0.29) is 0 Å². The molecule has 0 saturated carbocycles. The zero-order valence-electron chi connectivity index (χ0n) is 7.54. The second kappa shape index (κ2) is 3.22. The maximum absolute atomic E-state index is 2.40. The summed E-state index contributed by atoms with van der Waals surface area (Å²) in [4.78, 5) is 0. The van der Waals surface area contributed by atoms with Crippen molar-refractivity contribution in [2.75, 3.05) is 0 Å². The molecule has 0 bridgehead atoms. The topological polar surface area (TPSA) is 0 Å². The highest BCUT2D eigenvalue weighted by Gasteiger charge is 2.08. The van der Waals surface area contributed by atoms with E-state index in [1.807, 2.05) is 0 Å². The van der Waals surface area contributed by atoms with Gasteiger partial charge in [0.05, 0.1) is 8.07 Å². The Kier molecular flexibility index (Phi) is 2.50. The van der Waals surface area contributed by atoms with E-state index in [0.717, 1.165) is 0 Å². The minimum absolute atomic E-state index is 0.571. The molecule has 0 saturated heterocycles. The highest BCUT2D eigenvalue weighted by molar-refractivity contribution is 6.80. The van der Waals surface area contributed by atoms with Crippen LogP contribution in [0.1, 0.15) is 0 Å². The highest BCUT2D eigenvalue weighted by Crippen LogP contribution is 2.12. The van der Waals surface area contributed by atoms with Crippen molar-refractivity contribution >= 4 is 8.07 Å². The number of rotatable bonds is 2. The summed E-state index contributed by atoms with van der Waals surface area (Å²) < 4.78 is 0. The average Bonchev–Trinajstić information content (AvgIpc) is 2.32. The monoisotopic (exact) mass is 164 g/mol. The molecule has 0 atom stereocenters. The largest absolute Gasteiger partial charge is 0.0980 e. The lowest BCUT2D eigenvalue weighted by molar-refractivity contribution is 1.09. The van der Waals surface area contributed by atoms with Crippen LogP contribution in [0.4, 0.5) is 0 Å². The molecule has 0 N–H and O–H groups in total. The maximum atomic E-state index is 2.40. The van der Waals surface area contributed by atoms with Crippen LogP contribution in [0, 0.1) is 5.92 Å². The van der Waals surface area contributed by atoms with E-state index in [0.29, 0.717) is 5.92 Å². The van der Waals surface area contributed by atoms with E-state index in [4.69, 9.17) is 0 Å². The van der Waals surface area contributed by atoms with Crippen molar-refractivity contribution in [3.63, 3.8) is 0 Å². The molecule has 0 unspecified atom stereocenters. The fourth-order valence-corrected chi connectivity index (χ4v) is 1.78. The van der Waals surface area contributed by atoms with E-state index in [1.54, 1.807) is 0 Å². The molecule has 60 valence electrons. The van der Waals surface area contributed by atoms with Crippen LogP contribution < -0.4 is 0 Å². The lowest BCUT2D eigenvalue weighted by atomic mass is 10.2. The van der Waals surface area contributed by atoms with Crippen molar-refractivity contribution in [1.82, 2.24) is 0 Å². The van der Waals surface area contributed by atoms with Gasteiger partial charge in [-0.05, 0) is 0 Å². The summed E-state index contributed by atoms with van der Waals surface area (Å²) in [7, 11) is -0.973. The van der Waals surface area contributed by atoms with Crippen LogP contribution in [-0.4, -0.2) is 8.07 Å². The van der Waals surface area contributed by atoms with Crippen LogP contribution in [-0.2, 0) is 0 Å². The Bertz CT molecular complexity index is 191. The molecule has 0 aromatic carbocycles. The molecule has 0 fully saturated rings. The minimum Gasteiger partial charge on any atom is -0.0980 e. The summed E-state index contributed by atoms with van der Waals surface area (Å²) >= 11 is 0. The van der Waals surface area contributed by atoms with Gasteiger partial charge in [0.15, 0.2) is 0 Å². The molecule has 0 amide bonds. The lowest BCUT2D eigenvalue weighted by Crippen LogP contribution is -2.15. The van der Waals surface area contributed by atoms with Crippen LogP contribution in [0.2, 0.25) is 19.6 Å². The first-order chi connectivity index (χ1) is 5.08. The van der Waals surface area contributed by atoms with Crippen LogP contribution in [0.3, 0.4) is 0 Å². The summed E-state index contributed by atoms with van der Waals surface area (Å²) in [6, 6.07) is 0. The molecule has 11 heavy (non-hydrogen) atoms. The molecule has 1 heteroatoms. The molecule has 1 aliphatic carbocycles. The standard InChI is InChI=1S/C10H16Si/c1-11(2,3)9-8-10-6-4-5-7-10/h4-10H,1-3H3/b9-8+. The van der Waals surface area contributed by atoms with Gasteiger partial charge in [0, 0.05) is 5.92 Å². The lowest BCUT2D eigenvalue weighted by Gasteiger charge is -2.08. The van der Waals surface area contributed by atoms with Gasteiger partial charge >= 0.3 is 0 Å². The molecule has 0 aromatic rings. The van der Waals surface area contributed by atoms with E-state index in [1.165, 1.54) is 0 Å². The van der Waals surface area contributed by atoms with Crippen molar-refractivity contribution in [2.45, 2.75) is 19.6 Å². The summed E-state index contributed by atoms with van der Waals surface area (Å²) in [6.45, 7) is 7.06. The second-order valence-corrected chi connectivity index (χ2v) is 9.14. The molecule has 1 rings (SSSR count). The van der Waals surface area contributed by atoms with Gasteiger partial charge in [0.1, 0.15) is 0 Å². The molecule has 1 aliphatic rings. The van der Waals surface area contributed by atoms with Crippen LogP contribution >= 0.6 is 0 Å². The normalized spacial score (nSPS) is 18.8. The quantitative estimate of drug-likeness (QED) is 0.550. The van der Waals surface area contributed by atoms with Gasteiger partial charge < -0.3 is 0 Å². The maximum Gasteiger partial charge on any atom is 0.0683 e. The van der Waals surface area contributed by atoms with Gasteiger partial charge in [-0.2, -0.15) is 0 Å². The minimum atomic E-state index is -0.973. The fraction of sp³-hybridized carbons (Fsp3) is 0.400. The molecule has 0 nitrogen and oxygen atoms in total. The summed E-state index contributed by atoms with van der Waals surface area (Å²) in [5.41, 5.74) is 2.40. The first-order valence-corrected chi connectivity index (χ1v) is 7.70. The zero-order valence-corrected chi connectivity index (χ0v) is 8.54. The second-order valence-electron chi connectivity index (χ2n) is 4.07. The van der Waals surface area contributed by atoms with E-state index in [2.05, 4.69) is 55.7 Å².